The van der Waals surface area contributed by atoms with Crippen LogP contribution in [0.25, 0.3) is 0 Å². The fraction of sp³-hybridized carbons (Fsp3) is 0.143. The average Bonchev–Trinajstić information content (AvgIpc) is 2.47. The summed E-state index contributed by atoms with van der Waals surface area (Å²) in [7, 11) is 0. The van der Waals surface area contributed by atoms with Crippen molar-refractivity contribution in [3.8, 4) is 5.75 Å². The second-order valence-electron chi connectivity index (χ2n) is 3.98. The van der Waals surface area contributed by atoms with Gasteiger partial charge >= 0.3 is 0 Å². The molecule has 5 nitrogen and oxygen atoms in total. The van der Waals surface area contributed by atoms with E-state index in [0.29, 0.717) is 35.3 Å². The lowest BCUT2D eigenvalue weighted by molar-refractivity contribution is 0.102. The molecule has 0 aliphatic heterocycles. The van der Waals surface area contributed by atoms with Gasteiger partial charge in [-0.1, -0.05) is 11.6 Å². The Labute approximate surface area is 121 Å². The largest absolute Gasteiger partial charge is 0.492 e. The van der Waals surface area contributed by atoms with Crippen molar-refractivity contribution in [3.05, 3.63) is 53.3 Å². The zero-order valence-electron chi connectivity index (χ0n) is 10.7. The van der Waals surface area contributed by atoms with E-state index in [1.807, 2.05) is 0 Å². The van der Waals surface area contributed by atoms with Crippen molar-refractivity contribution in [1.29, 1.82) is 0 Å². The predicted molar refractivity (Wildman–Crippen MR) is 78.2 cm³/mol. The molecule has 2 rings (SSSR count). The number of nitrogens with zero attached hydrogens (tertiary/aromatic N) is 1. The lowest BCUT2D eigenvalue weighted by atomic mass is 10.3. The van der Waals surface area contributed by atoms with Gasteiger partial charge in [-0.3, -0.25) is 4.79 Å². The quantitative estimate of drug-likeness (QED) is 0.886. The van der Waals surface area contributed by atoms with Gasteiger partial charge in [0.1, 0.15) is 18.1 Å². The predicted octanol–water partition coefficient (Wildman–Crippen LogP) is 2.32. The van der Waals surface area contributed by atoms with Gasteiger partial charge < -0.3 is 15.8 Å². The first kappa shape index (κ1) is 14.3. The van der Waals surface area contributed by atoms with E-state index in [1.165, 1.54) is 6.20 Å². The number of amides is 1. The molecule has 0 radical (unpaired) electrons. The molecule has 0 aliphatic carbocycles. The summed E-state index contributed by atoms with van der Waals surface area (Å²) < 4.78 is 5.35. The molecular formula is C14H14ClN3O2. The van der Waals surface area contributed by atoms with E-state index < -0.39 is 0 Å². The molecule has 104 valence electrons. The number of benzene rings is 1. The maximum Gasteiger partial charge on any atom is 0.274 e. The van der Waals surface area contributed by atoms with E-state index in [0.717, 1.165) is 0 Å². The van der Waals surface area contributed by atoms with E-state index in [2.05, 4.69) is 10.3 Å². The zero-order valence-corrected chi connectivity index (χ0v) is 11.4. The van der Waals surface area contributed by atoms with Crippen LogP contribution >= 0.6 is 11.6 Å². The number of nitrogens with two attached hydrogens (primary N) is 1. The van der Waals surface area contributed by atoms with Crippen LogP contribution in [0.1, 0.15) is 10.5 Å². The fourth-order valence-electron chi connectivity index (χ4n) is 1.52. The third-order valence-corrected chi connectivity index (χ3v) is 2.68. The number of carbonyl (C=O) groups is 1. The smallest absolute Gasteiger partial charge is 0.274 e. The van der Waals surface area contributed by atoms with Gasteiger partial charge in [-0.2, -0.15) is 0 Å². The van der Waals surface area contributed by atoms with E-state index in [4.69, 9.17) is 22.1 Å². The summed E-state index contributed by atoms with van der Waals surface area (Å²) >= 11 is 5.72. The SMILES string of the molecule is NCCOc1ccc(NC(=O)c2ccc(Cl)cn2)cc1. The van der Waals surface area contributed by atoms with E-state index in [-0.39, 0.29) is 5.91 Å². The first-order valence-electron chi connectivity index (χ1n) is 6.05. The molecular weight excluding hydrogens is 278 g/mol. The van der Waals surface area contributed by atoms with Gasteiger partial charge in [0, 0.05) is 18.4 Å². The maximum atomic E-state index is 11.9. The van der Waals surface area contributed by atoms with Gasteiger partial charge in [0.25, 0.3) is 5.91 Å². The van der Waals surface area contributed by atoms with Crippen molar-refractivity contribution in [1.82, 2.24) is 4.98 Å². The Morgan fingerprint density at radius 2 is 2.00 bits per heavy atom. The number of hydrogen-bond acceptors (Lipinski definition) is 4. The highest BCUT2D eigenvalue weighted by Gasteiger charge is 2.07. The lowest BCUT2D eigenvalue weighted by Gasteiger charge is -2.07. The average molecular weight is 292 g/mol. The van der Waals surface area contributed by atoms with E-state index in [9.17, 15) is 4.79 Å². The Balaban J connectivity index is 1.99. The minimum atomic E-state index is -0.294. The van der Waals surface area contributed by atoms with Crippen LogP contribution < -0.4 is 15.8 Å². The Hall–Kier alpha value is -2.11. The van der Waals surface area contributed by atoms with Crippen LogP contribution in [0.5, 0.6) is 5.75 Å². The standard InChI is InChI=1S/C14H14ClN3O2/c15-10-1-6-13(17-9-10)14(19)18-11-2-4-12(5-3-11)20-8-7-16/h1-6,9H,7-8,16H2,(H,18,19). The number of carbonyl (C=O) groups excluding carboxylic acids is 1. The maximum absolute atomic E-state index is 11.9. The number of rotatable bonds is 5. The molecule has 0 saturated carbocycles. The molecule has 1 aromatic heterocycles. The molecule has 6 heteroatoms. The van der Waals surface area contributed by atoms with Gasteiger partial charge in [-0.05, 0) is 36.4 Å². The van der Waals surface area contributed by atoms with Crippen molar-refractivity contribution in [2.75, 3.05) is 18.5 Å². The van der Waals surface area contributed by atoms with Crippen LogP contribution in [-0.4, -0.2) is 24.0 Å². The first-order chi connectivity index (χ1) is 9.69. The first-order valence-corrected chi connectivity index (χ1v) is 6.42. The summed E-state index contributed by atoms with van der Waals surface area (Å²) in [4.78, 5) is 15.9. The van der Waals surface area contributed by atoms with E-state index >= 15 is 0 Å². The van der Waals surface area contributed by atoms with Crippen molar-refractivity contribution >= 4 is 23.2 Å². The Kier molecular flexibility index (Phi) is 4.92. The van der Waals surface area contributed by atoms with Gasteiger partial charge in [-0.25, -0.2) is 4.98 Å². The number of anilines is 1. The molecule has 3 N–H and O–H groups in total. The summed E-state index contributed by atoms with van der Waals surface area (Å²) in [6.07, 6.45) is 1.43. The number of ether oxygens (including phenoxy) is 1. The molecule has 1 aromatic carbocycles. The zero-order chi connectivity index (χ0) is 14.4. The van der Waals surface area contributed by atoms with Crippen molar-refractivity contribution < 1.29 is 9.53 Å². The number of halogens is 1. The summed E-state index contributed by atoms with van der Waals surface area (Å²) in [5.41, 5.74) is 6.31. The Morgan fingerprint density at radius 1 is 1.25 bits per heavy atom. The monoisotopic (exact) mass is 291 g/mol. The molecule has 0 unspecified atom stereocenters. The molecule has 0 aliphatic rings. The van der Waals surface area contributed by atoms with Gasteiger partial charge in [0.2, 0.25) is 0 Å². The molecule has 0 bridgehead atoms. The van der Waals surface area contributed by atoms with Crippen LogP contribution in [0.2, 0.25) is 5.02 Å². The second kappa shape index (κ2) is 6.88. The van der Waals surface area contributed by atoms with Gasteiger partial charge in [0.05, 0.1) is 5.02 Å². The second-order valence-corrected chi connectivity index (χ2v) is 4.41. The third-order valence-electron chi connectivity index (χ3n) is 2.46. The molecule has 20 heavy (non-hydrogen) atoms. The van der Waals surface area contributed by atoms with E-state index in [1.54, 1.807) is 36.4 Å². The molecule has 2 aromatic rings. The van der Waals surface area contributed by atoms with Gasteiger partial charge in [-0.15, -0.1) is 0 Å². The third kappa shape index (κ3) is 3.94. The molecule has 0 fully saturated rings. The molecule has 0 atom stereocenters. The highest BCUT2D eigenvalue weighted by Crippen LogP contribution is 2.16. The van der Waals surface area contributed by atoms with Crippen molar-refractivity contribution in [2.24, 2.45) is 5.73 Å². The number of nitrogens with one attached hydrogen (secondary N) is 1. The van der Waals surface area contributed by atoms with Crippen molar-refractivity contribution in [2.45, 2.75) is 0 Å². The summed E-state index contributed by atoms with van der Waals surface area (Å²) in [6.45, 7) is 0.918. The highest BCUT2D eigenvalue weighted by atomic mass is 35.5. The topological polar surface area (TPSA) is 77.2 Å². The van der Waals surface area contributed by atoms with Crippen LogP contribution in [0.4, 0.5) is 5.69 Å². The van der Waals surface area contributed by atoms with Crippen LogP contribution in [0, 0.1) is 0 Å². The summed E-state index contributed by atoms with van der Waals surface area (Å²) in [6, 6.07) is 10.2. The van der Waals surface area contributed by atoms with Crippen LogP contribution in [-0.2, 0) is 0 Å². The van der Waals surface area contributed by atoms with Crippen molar-refractivity contribution in [3.63, 3.8) is 0 Å². The molecule has 0 saturated heterocycles. The van der Waals surface area contributed by atoms with Gasteiger partial charge in [0.15, 0.2) is 0 Å². The Morgan fingerprint density at radius 3 is 2.60 bits per heavy atom. The highest BCUT2D eigenvalue weighted by molar-refractivity contribution is 6.30. The lowest BCUT2D eigenvalue weighted by Crippen LogP contribution is -2.13. The number of pyridine rings is 1. The molecule has 1 amide bonds. The number of aromatic nitrogens is 1. The minimum absolute atomic E-state index is 0.294. The fourth-order valence-corrected chi connectivity index (χ4v) is 1.63. The van der Waals surface area contributed by atoms with Crippen LogP contribution in [0.15, 0.2) is 42.6 Å². The normalized spacial score (nSPS) is 10.1. The minimum Gasteiger partial charge on any atom is -0.492 e. The summed E-state index contributed by atoms with van der Waals surface area (Å²) in [5, 5.41) is 3.23. The number of hydrogen-bond donors (Lipinski definition) is 2. The summed E-state index contributed by atoms with van der Waals surface area (Å²) in [5.74, 6) is 0.412. The molecule has 0 spiro atoms. The molecule has 1 heterocycles. The Bertz CT molecular complexity index is 570. The van der Waals surface area contributed by atoms with Crippen LogP contribution in [0.3, 0.4) is 0 Å².